The molecule has 0 saturated heterocycles. The van der Waals surface area contributed by atoms with Gasteiger partial charge < -0.3 is 0 Å². The largest absolute Gasteiger partial charge is 0.454 e. The summed E-state index contributed by atoms with van der Waals surface area (Å²) in [6, 6.07) is 0. The van der Waals surface area contributed by atoms with Gasteiger partial charge in [0.2, 0.25) is 0 Å². The molecular weight excluding hydrogens is 225 g/mol. The summed E-state index contributed by atoms with van der Waals surface area (Å²) >= 11 is 0. The van der Waals surface area contributed by atoms with Crippen molar-refractivity contribution in [2.24, 2.45) is 0 Å². The zero-order chi connectivity index (χ0) is 12.1. The minimum Gasteiger partial charge on any atom is -0.285 e. The SMILES string of the molecule is C/C(=C\C(=O)C(F)(F)F)CCC[S+](C)C. The van der Waals surface area contributed by atoms with Crippen LogP contribution in [-0.2, 0) is 15.7 Å². The zero-order valence-corrected chi connectivity index (χ0v) is 9.97. The van der Waals surface area contributed by atoms with Crippen molar-refractivity contribution in [2.75, 3.05) is 18.3 Å². The Morgan fingerprint density at radius 2 is 1.87 bits per heavy atom. The first kappa shape index (κ1) is 14.5. The number of carbonyl (C=O) groups excluding carboxylic acids is 1. The van der Waals surface area contributed by atoms with Crippen molar-refractivity contribution in [1.82, 2.24) is 0 Å². The van der Waals surface area contributed by atoms with E-state index in [9.17, 15) is 18.0 Å². The molecular formula is C10H16F3OS+. The van der Waals surface area contributed by atoms with Gasteiger partial charge in [-0.3, -0.25) is 4.79 Å². The van der Waals surface area contributed by atoms with Gasteiger partial charge in [0, 0.05) is 0 Å². The highest BCUT2D eigenvalue weighted by Gasteiger charge is 2.36. The lowest BCUT2D eigenvalue weighted by Gasteiger charge is -2.03. The summed E-state index contributed by atoms with van der Waals surface area (Å²) in [5, 5.41) is 0. The molecule has 0 saturated carbocycles. The molecule has 0 bridgehead atoms. The summed E-state index contributed by atoms with van der Waals surface area (Å²) in [6.07, 6.45) is 1.53. The number of hydrogen-bond donors (Lipinski definition) is 0. The Kier molecular flexibility index (Phi) is 6.02. The van der Waals surface area contributed by atoms with Gasteiger partial charge in [0.15, 0.2) is 0 Å². The maximum Gasteiger partial charge on any atom is 0.454 e. The van der Waals surface area contributed by atoms with Crippen LogP contribution in [0.2, 0.25) is 0 Å². The number of halogens is 3. The minimum absolute atomic E-state index is 0.304. The molecule has 0 aromatic carbocycles. The molecule has 1 nitrogen and oxygen atoms in total. The van der Waals surface area contributed by atoms with Crippen molar-refractivity contribution in [1.29, 1.82) is 0 Å². The zero-order valence-electron chi connectivity index (χ0n) is 9.15. The monoisotopic (exact) mass is 241 g/mol. The first-order valence-corrected chi connectivity index (χ1v) is 6.77. The summed E-state index contributed by atoms with van der Waals surface area (Å²) in [5.74, 6) is -0.766. The predicted molar refractivity (Wildman–Crippen MR) is 58.1 cm³/mol. The van der Waals surface area contributed by atoms with Crippen LogP contribution in [0.3, 0.4) is 0 Å². The Morgan fingerprint density at radius 3 is 2.27 bits per heavy atom. The van der Waals surface area contributed by atoms with Crippen LogP contribution in [0, 0.1) is 0 Å². The van der Waals surface area contributed by atoms with E-state index in [2.05, 4.69) is 12.5 Å². The second kappa shape index (κ2) is 6.20. The molecule has 0 atom stereocenters. The molecule has 88 valence electrons. The van der Waals surface area contributed by atoms with Crippen molar-refractivity contribution < 1.29 is 18.0 Å². The molecule has 0 aliphatic rings. The van der Waals surface area contributed by atoms with Gasteiger partial charge >= 0.3 is 6.18 Å². The van der Waals surface area contributed by atoms with Crippen molar-refractivity contribution in [3.63, 3.8) is 0 Å². The summed E-state index contributed by atoms with van der Waals surface area (Å²) in [6.45, 7) is 1.56. The molecule has 0 aromatic rings. The molecule has 15 heavy (non-hydrogen) atoms. The van der Waals surface area contributed by atoms with Gasteiger partial charge in [-0.2, -0.15) is 13.2 Å². The molecule has 0 heterocycles. The second-order valence-corrected chi connectivity index (χ2v) is 6.03. The Labute approximate surface area is 91.1 Å². The van der Waals surface area contributed by atoms with Crippen LogP contribution in [0.1, 0.15) is 19.8 Å². The predicted octanol–water partition coefficient (Wildman–Crippen LogP) is 2.72. The van der Waals surface area contributed by atoms with Gasteiger partial charge in [-0.05, 0) is 36.7 Å². The molecule has 0 spiro atoms. The van der Waals surface area contributed by atoms with Gasteiger partial charge in [-0.15, -0.1) is 0 Å². The summed E-state index contributed by atoms with van der Waals surface area (Å²) in [5.41, 5.74) is 0.503. The van der Waals surface area contributed by atoms with Gasteiger partial charge in [-0.1, -0.05) is 5.57 Å². The van der Waals surface area contributed by atoms with E-state index in [1.807, 2.05) is 0 Å². The molecule has 0 radical (unpaired) electrons. The normalized spacial score (nSPS) is 13.4. The summed E-state index contributed by atoms with van der Waals surface area (Å²) in [4.78, 5) is 10.6. The highest BCUT2D eigenvalue weighted by molar-refractivity contribution is 7.95. The van der Waals surface area contributed by atoms with E-state index in [0.717, 1.165) is 12.2 Å². The van der Waals surface area contributed by atoms with Crippen LogP contribution in [0.5, 0.6) is 0 Å². The highest BCUT2D eigenvalue weighted by atomic mass is 32.2. The number of allylic oxidation sites excluding steroid dienone is 2. The van der Waals surface area contributed by atoms with Crippen LogP contribution >= 0.6 is 0 Å². The molecule has 0 amide bonds. The first-order valence-electron chi connectivity index (χ1n) is 4.56. The van der Waals surface area contributed by atoms with E-state index in [-0.39, 0.29) is 0 Å². The Bertz CT molecular complexity index is 244. The van der Waals surface area contributed by atoms with Crippen molar-refractivity contribution >= 4 is 16.7 Å². The molecule has 0 fully saturated rings. The highest BCUT2D eigenvalue weighted by Crippen LogP contribution is 2.18. The quantitative estimate of drug-likeness (QED) is 0.534. The molecule has 0 aliphatic heterocycles. The average molecular weight is 241 g/mol. The Hall–Kier alpha value is -0.450. The van der Waals surface area contributed by atoms with E-state index < -0.39 is 12.0 Å². The molecule has 0 unspecified atom stereocenters. The fraction of sp³-hybridized carbons (Fsp3) is 0.700. The minimum atomic E-state index is -4.74. The van der Waals surface area contributed by atoms with Crippen LogP contribution < -0.4 is 0 Å². The standard InChI is InChI=1S/C10H16F3OS/c1-8(5-4-6-15(2)3)7-9(14)10(11,12)13/h7H,4-6H2,1-3H3/q+1/b8-7+. The third-order valence-electron chi connectivity index (χ3n) is 1.78. The van der Waals surface area contributed by atoms with Gasteiger partial charge in [0.05, 0.1) is 12.5 Å². The number of alkyl halides is 3. The molecule has 0 aliphatic carbocycles. The van der Waals surface area contributed by atoms with Crippen molar-refractivity contribution in [3.05, 3.63) is 11.6 Å². The van der Waals surface area contributed by atoms with E-state index in [0.29, 0.717) is 29.0 Å². The lowest BCUT2D eigenvalue weighted by molar-refractivity contribution is -0.165. The van der Waals surface area contributed by atoms with E-state index in [4.69, 9.17) is 0 Å². The Morgan fingerprint density at radius 1 is 1.33 bits per heavy atom. The molecule has 0 N–H and O–H groups in total. The first-order chi connectivity index (χ1) is 6.73. The fourth-order valence-corrected chi connectivity index (χ4v) is 1.74. The topological polar surface area (TPSA) is 17.1 Å². The lowest BCUT2D eigenvalue weighted by atomic mass is 10.1. The maximum absolute atomic E-state index is 11.9. The molecule has 0 aromatic heterocycles. The van der Waals surface area contributed by atoms with Crippen LogP contribution in [0.25, 0.3) is 0 Å². The summed E-state index contributed by atoms with van der Waals surface area (Å²) < 4.78 is 35.6. The number of ketones is 1. The van der Waals surface area contributed by atoms with Crippen molar-refractivity contribution in [3.8, 4) is 0 Å². The van der Waals surface area contributed by atoms with Crippen LogP contribution in [-0.4, -0.2) is 30.2 Å². The number of rotatable bonds is 5. The van der Waals surface area contributed by atoms with Gasteiger partial charge in [-0.25, -0.2) is 0 Å². The van der Waals surface area contributed by atoms with Crippen LogP contribution in [0.4, 0.5) is 13.2 Å². The number of carbonyl (C=O) groups is 1. The lowest BCUT2D eigenvalue weighted by Crippen LogP contribution is -2.20. The maximum atomic E-state index is 11.9. The van der Waals surface area contributed by atoms with Crippen LogP contribution in [0.15, 0.2) is 11.6 Å². The van der Waals surface area contributed by atoms with Gasteiger partial charge in [0.25, 0.3) is 5.78 Å². The van der Waals surface area contributed by atoms with Gasteiger partial charge in [0.1, 0.15) is 5.75 Å². The third-order valence-corrected chi connectivity index (χ3v) is 2.89. The third kappa shape index (κ3) is 7.48. The van der Waals surface area contributed by atoms with E-state index in [1.165, 1.54) is 0 Å². The van der Waals surface area contributed by atoms with Crippen molar-refractivity contribution in [2.45, 2.75) is 25.9 Å². The van der Waals surface area contributed by atoms with E-state index in [1.54, 1.807) is 6.92 Å². The molecule has 0 rings (SSSR count). The number of hydrogen-bond acceptors (Lipinski definition) is 1. The summed E-state index contributed by atoms with van der Waals surface area (Å²) in [7, 11) is 0.304. The smallest absolute Gasteiger partial charge is 0.285 e. The second-order valence-electron chi connectivity index (χ2n) is 3.65. The average Bonchev–Trinajstić information content (AvgIpc) is 2.01. The Balaban J connectivity index is 4.04. The molecule has 5 heteroatoms. The fourth-order valence-electron chi connectivity index (χ4n) is 1.02. The van der Waals surface area contributed by atoms with E-state index >= 15 is 0 Å².